The van der Waals surface area contributed by atoms with Gasteiger partial charge in [-0.1, -0.05) is 6.07 Å². The number of carbonyl (C=O) groups excluding carboxylic acids is 2. The van der Waals surface area contributed by atoms with E-state index in [1.165, 1.54) is 15.6 Å². The molecular formula is C25H32N6O4. The number of nitrogens with one attached hydrogen (secondary N) is 2. The summed E-state index contributed by atoms with van der Waals surface area (Å²) in [4.78, 5) is 31.7. The van der Waals surface area contributed by atoms with E-state index < -0.39 is 11.7 Å². The number of imidazole rings is 1. The Labute approximate surface area is 204 Å². The summed E-state index contributed by atoms with van der Waals surface area (Å²) in [6.07, 6.45) is 3.52. The highest BCUT2D eigenvalue weighted by atomic mass is 16.6. The average Bonchev–Trinajstić information content (AvgIpc) is 3.20. The number of aromatic nitrogens is 3. The van der Waals surface area contributed by atoms with Crippen molar-refractivity contribution in [1.82, 2.24) is 19.9 Å². The van der Waals surface area contributed by atoms with E-state index in [-0.39, 0.29) is 17.6 Å². The van der Waals surface area contributed by atoms with Crippen LogP contribution in [-0.4, -0.2) is 52.4 Å². The number of carbonyl (C=O) groups is 2. The van der Waals surface area contributed by atoms with Gasteiger partial charge in [-0.05, 0) is 64.7 Å². The average molecular weight is 481 g/mol. The predicted molar refractivity (Wildman–Crippen MR) is 134 cm³/mol. The molecule has 3 aromatic rings. The Balaban J connectivity index is 1.87. The van der Waals surface area contributed by atoms with Crippen LogP contribution in [0.25, 0.3) is 5.65 Å². The van der Waals surface area contributed by atoms with Gasteiger partial charge < -0.3 is 20.1 Å². The summed E-state index contributed by atoms with van der Waals surface area (Å²) in [6, 6.07) is 7.66. The summed E-state index contributed by atoms with van der Waals surface area (Å²) < 4.78 is 12.6. The minimum absolute atomic E-state index is 0.0288. The fourth-order valence-electron chi connectivity index (χ4n) is 3.97. The van der Waals surface area contributed by atoms with E-state index in [0.717, 1.165) is 30.5 Å². The van der Waals surface area contributed by atoms with Gasteiger partial charge in [0.05, 0.1) is 24.7 Å². The number of aryl methyl sites for hydroxylation is 1. The molecule has 1 aliphatic heterocycles. The largest absolute Gasteiger partial charge is 0.495 e. The van der Waals surface area contributed by atoms with Crippen molar-refractivity contribution in [3.05, 3.63) is 41.7 Å². The van der Waals surface area contributed by atoms with E-state index in [1.807, 2.05) is 25.1 Å². The number of ether oxygens (including phenoxy) is 2. The van der Waals surface area contributed by atoms with E-state index in [0.29, 0.717) is 22.9 Å². The van der Waals surface area contributed by atoms with Crippen LogP contribution in [0, 0.1) is 0 Å². The molecular weight excluding hydrogens is 448 g/mol. The Kier molecular flexibility index (Phi) is 6.56. The Morgan fingerprint density at radius 3 is 2.74 bits per heavy atom. The number of benzene rings is 1. The van der Waals surface area contributed by atoms with Gasteiger partial charge in [0.1, 0.15) is 11.4 Å². The molecule has 0 spiro atoms. The molecule has 3 heterocycles. The molecule has 1 aliphatic rings. The highest BCUT2D eigenvalue weighted by Gasteiger charge is 2.26. The Morgan fingerprint density at radius 1 is 1.26 bits per heavy atom. The molecule has 0 aliphatic carbocycles. The van der Waals surface area contributed by atoms with Gasteiger partial charge in [0.25, 0.3) is 5.91 Å². The standard InChI is InChI=1S/C25H32N6O4/c1-15-8-7-9-16-10-11-20(34-6)17(12-16)28-21-13-18(30(5)24(33)35-25(2,3)4)22-26-14-19(23(32)27-15)31(22)29-21/h10-15H,7-9H2,1-6H3,(H,27,32)(H,28,29)/t15-/m1/s1. The lowest BCUT2D eigenvalue weighted by atomic mass is 10.0. The third-order valence-electron chi connectivity index (χ3n) is 5.72. The third kappa shape index (κ3) is 5.31. The molecule has 186 valence electrons. The third-order valence-corrected chi connectivity index (χ3v) is 5.72. The summed E-state index contributed by atoms with van der Waals surface area (Å²) in [5.41, 5.74) is 2.26. The van der Waals surface area contributed by atoms with Crippen LogP contribution in [0.5, 0.6) is 5.75 Å². The predicted octanol–water partition coefficient (Wildman–Crippen LogP) is 4.31. The van der Waals surface area contributed by atoms with Crippen LogP contribution in [0.3, 0.4) is 0 Å². The molecule has 1 aromatic carbocycles. The zero-order valence-electron chi connectivity index (χ0n) is 21.0. The lowest BCUT2D eigenvalue weighted by molar-refractivity contribution is 0.0589. The number of fused-ring (bicyclic) bond motifs is 3. The summed E-state index contributed by atoms with van der Waals surface area (Å²) in [6.45, 7) is 7.39. The molecule has 10 nitrogen and oxygen atoms in total. The molecule has 0 radical (unpaired) electrons. The molecule has 2 aromatic heterocycles. The van der Waals surface area contributed by atoms with E-state index in [1.54, 1.807) is 41.0 Å². The molecule has 0 saturated carbocycles. The quantitative estimate of drug-likeness (QED) is 0.562. The number of methoxy groups -OCH3 is 1. The summed E-state index contributed by atoms with van der Waals surface area (Å²) in [5.74, 6) is 0.783. The van der Waals surface area contributed by atoms with E-state index in [2.05, 4.69) is 20.7 Å². The van der Waals surface area contributed by atoms with Crippen molar-refractivity contribution in [2.75, 3.05) is 24.4 Å². The first-order valence-corrected chi connectivity index (χ1v) is 11.7. The number of rotatable bonds is 2. The second-order valence-corrected chi connectivity index (χ2v) is 9.76. The fraction of sp³-hybridized carbons (Fsp3) is 0.440. The summed E-state index contributed by atoms with van der Waals surface area (Å²) in [7, 11) is 3.21. The van der Waals surface area contributed by atoms with Gasteiger partial charge in [-0.25, -0.2) is 14.3 Å². The molecule has 10 heteroatoms. The minimum atomic E-state index is -0.673. The second-order valence-electron chi connectivity index (χ2n) is 9.76. The first-order valence-electron chi connectivity index (χ1n) is 11.7. The van der Waals surface area contributed by atoms with Crippen molar-refractivity contribution in [1.29, 1.82) is 0 Å². The fourth-order valence-corrected chi connectivity index (χ4v) is 3.97. The number of hydrogen-bond acceptors (Lipinski definition) is 7. The molecule has 0 unspecified atom stereocenters. The van der Waals surface area contributed by atoms with Gasteiger partial charge in [-0.3, -0.25) is 9.69 Å². The maximum Gasteiger partial charge on any atom is 0.414 e. The Morgan fingerprint density at radius 2 is 2.03 bits per heavy atom. The van der Waals surface area contributed by atoms with Gasteiger partial charge in [-0.15, -0.1) is 5.10 Å². The van der Waals surface area contributed by atoms with Gasteiger partial charge in [0.15, 0.2) is 17.2 Å². The van der Waals surface area contributed by atoms with Crippen molar-refractivity contribution in [3.63, 3.8) is 0 Å². The molecule has 0 saturated heterocycles. The molecule has 4 rings (SSSR count). The van der Waals surface area contributed by atoms with Crippen LogP contribution >= 0.6 is 0 Å². The van der Waals surface area contributed by atoms with Crippen LogP contribution in [-0.2, 0) is 11.2 Å². The number of amides is 2. The zero-order chi connectivity index (χ0) is 25.3. The van der Waals surface area contributed by atoms with Gasteiger partial charge >= 0.3 is 6.09 Å². The van der Waals surface area contributed by atoms with Gasteiger partial charge in [-0.2, -0.15) is 0 Å². The van der Waals surface area contributed by atoms with Gasteiger partial charge in [0, 0.05) is 19.2 Å². The molecule has 2 N–H and O–H groups in total. The lowest BCUT2D eigenvalue weighted by Gasteiger charge is -2.25. The molecule has 0 fully saturated rings. The monoisotopic (exact) mass is 480 g/mol. The highest BCUT2D eigenvalue weighted by molar-refractivity contribution is 5.96. The smallest absolute Gasteiger partial charge is 0.414 e. The van der Waals surface area contributed by atoms with Crippen LogP contribution < -0.4 is 20.3 Å². The molecule has 1 atom stereocenters. The van der Waals surface area contributed by atoms with Crippen LogP contribution in [0.2, 0.25) is 0 Å². The number of hydrogen-bond donors (Lipinski definition) is 2. The van der Waals surface area contributed by atoms with Crippen molar-refractivity contribution < 1.29 is 19.1 Å². The van der Waals surface area contributed by atoms with E-state index in [4.69, 9.17) is 9.47 Å². The summed E-state index contributed by atoms with van der Waals surface area (Å²) >= 11 is 0. The lowest BCUT2D eigenvalue weighted by Crippen LogP contribution is -2.35. The maximum absolute atomic E-state index is 13.1. The molecule has 35 heavy (non-hydrogen) atoms. The number of anilines is 3. The van der Waals surface area contributed by atoms with Crippen molar-refractivity contribution >= 4 is 34.8 Å². The second kappa shape index (κ2) is 9.44. The zero-order valence-corrected chi connectivity index (χ0v) is 21.0. The first-order chi connectivity index (χ1) is 16.6. The Bertz CT molecular complexity index is 1260. The van der Waals surface area contributed by atoms with Crippen LogP contribution in [0.4, 0.5) is 22.0 Å². The molecule has 4 bridgehead atoms. The Hall–Kier alpha value is -3.82. The van der Waals surface area contributed by atoms with Crippen LogP contribution in [0.15, 0.2) is 30.5 Å². The van der Waals surface area contributed by atoms with Crippen LogP contribution in [0.1, 0.15) is 56.6 Å². The van der Waals surface area contributed by atoms with Crippen molar-refractivity contribution in [3.8, 4) is 5.75 Å². The highest BCUT2D eigenvalue weighted by Crippen LogP contribution is 2.32. The van der Waals surface area contributed by atoms with Gasteiger partial charge in [0.2, 0.25) is 0 Å². The first kappa shape index (κ1) is 24.3. The number of nitrogens with zero attached hydrogens (tertiary/aromatic N) is 4. The van der Waals surface area contributed by atoms with Crippen molar-refractivity contribution in [2.45, 2.75) is 58.6 Å². The van der Waals surface area contributed by atoms with E-state index in [9.17, 15) is 9.59 Å². The maximum atomic E-state index is 13.1. The van der Waals surface area contributed by atoms with E-state index >= 15 is 0 Å². The van der Waals surface area contributed by atoms with Crippen molar-refractivity contribution in [2.24, 2.45) is 0 Å². The SMILES string of the molecule is COc1ccc2cc1Nc1cc(N(C)C(=O)OC(C)(C)C)c3ncc(n3n1)C(=O)N[C@H](C)CCC2. The topological polar surface area (TPSA) is 110 Å². The summed E-state index contributed by atoms with van der Waals surface area (Å²) in [5, 5.41) is 11.0. The normalized spacial score (nSPS) is 16.3. The molecule has 2 amide bonds. The minimum Gasteiger partial charge on any atom is -0.495 e.